The van der Waals surface area contributed by atoms with E-state index >= 15 is 0 Å². The molecule has 0 spiro atoms. The van der Waals surface area contributed by atoms with Gasteiger partial charge in [-0.25, -0.2) is 0 Å². The van der Waals surface area contributed by atoms with E-state index in [-0.39, 0.29) is 0 Å². The molecule has 5 heteroatoms. The van der Waals surface area contributed by atoms with Crippen molar-refractivity contribution in [1.82, 2.24) is 20.4 Å². The normalized spacial score (nSPS) is 16.7. The molecule has 0 atom stereocenters. The number of aliphatic imine (C=N–C) groups is 1. The van der Waals surface area contributed by atoms with Crippen LogP contribution in [-0.4, -0.2) is 35.9 Å². The van der Waals surface area contributed by atoms with Crippen LogP contribution >= 0.6 is 0 Å². The van der Waals surface area contributed by atoms with Crippen molar-refractivity contribution in [3.05, 3.63) is 18.5 Å². The summed E-state index contributed by atoms with van der Waals surface area (Å²) in [6, 6.07) is 1.96. The maximum atomic E-state index is 4.28. The SMILES string of the molecule is CN=C(NCCCC1CCCCC1)NCCCn1cccn1. The predicted octanol–water partition coefficient (Wildman–Crippen LogP) is 2.80. The Morgan fingerprint density at radius 2 is 1.95 bits per heavy atom. The minimum Gasteiger partial charge on any atom is -0.356 e. The van der Waals surface area contributed by atoms with Crippen molar-refractivity contribution in [3.63, 3.8) is 0 Å². The van der Waals surface area contributed by atoms with Gasteiger partial charge in [0.2, 0.25) is 0 Å². The van der Waals surface area contributed by atoms with Gasteiger partial charge >= 0.3 is 0 Å². The molecule has 0 aliphatic heterocycles. The third-order valence-corrected chi connectivity index (χ3v) is 4.45. The number of hydrogen-bond donors (Lipinski definition) is 2. The highest BCUT2D eigenvalue weighted by molar-refractivity contribution is 5.79. The first-order valence-corrected chi connectivity index (χ1v) is 8.80. The zero-order valence-corrected chi connectivity index (χ0v) is 13.9. The average molecular weight is 305 g/mol. The van der Waals surface area contributed by atoms with Crippen molar-refractivity contribution in [2.24, 2.45) is 10.9 Å². The number of nitrogens with zero attached hydrogens (tertiary/aromatic N) is 3. The third-order valence-electron chi connectivity index (χ3n) is 4.45. The van der Waals surface area contributed by atoms with Gasteiger partial charge < -0.3 is 10.6 Å². The summed E-state index contributed by atoms with van der Waals surface area (Å²) in [4.78, 5) is 4.28. The number of rotatable bonds is 8. The Morgan fingerprint density at radius 1 is 1.18 bits per heavy atom. The van der Waals surface area contributed by atoms with Gasteiger partial charge in [0, 0.05) is 39.1 Å². The van der Waals surface area contributed by atoms with E-state index in [2.05, 4.69) is 20.7 Å². The fourth-order valence-electron chi connectivity index (χ4n) is 3.17. The second kappa shape index (κ2) is 10.2. The number of hydrogen-bond acceptors (Lipinski definition) is 2. The summed E-state index contributed by atoms with van der Waals surface area (Å²) < 4.78 is 1.96. The van der Waals surface area contributed by atoms with Crippen LogP contribution in [0.1, 0.15) is 51.4 Å². The van der Waals surface area contributed by atoms with Gasteiger partial charge in [0.25, 0.3) is 0 Å². The van der Waals surface area contributed by atoms with Crippen LogP contribution in [-0.2, 0) is 6.54 Å². The summed E-state index contributed by atoms with van der Waals surface area (Å²) in [7, 11) is 1.84. The molecular weight excluding hydrogens is 274 g/mol. The largest absolute Gasteiger partial charge is 0.356 e. The molecule has 5 nitrogen and oxygen atoms in total. The van der Waals surface area contributed by atoms with E-state index in [9.17, 15) is 0 Å². The monoisotopic (exact) mass is 305 g/mol. The van der Waals surface area contributed by atoms with Crippen LogP contribution in [0.15, 0.2) is 23.5 Å². The fourth-order valence-corrected chi connectivity index (χ4v) is 3.17. The van der Waals surface area contributed by atoms with Gasteiger partial charge in [0.15, 0.2) is 5.96 Å². The lowest BCUT2D eigenvalue weighted by Gasteiger charge is -2.21. The topological polar surface area (TPSA) is 54.2 Å². The second-order valence-corrected chi connectivity index (χ2v) is 6.19. The fraction of sp³-hybridized carbons (Fsp3) is 0.765. The van der Waals surface area contributed by atoms with Crippen molar-refractivity contribution in [2.45, 2.75) is 57.9 Å². The highest BCUT2D eigenvalue weighted by Gasteiger charge is 2.12. The van der Waals surface area contributed by atoms with E-state index in [1.54, 1.807) is 0 Å². The molecule has 0 saturated heterocycles. The molecule has 1 aromatic rings. The first-order chi connectivity index (χ1) is 10.9. The summed E-state index contributed by atoms with van der Waals surface area (Å²) in [6.07, 6.45) is 14.7. The Hall–Kier alpha value is -1.52. The molecule has 124 valence electrons. The minimum absolute atomic E-state index is 0.919. The average Bonchev–Trinajstić information content (AvgIpc) is 3.08. The Morgan fingerprint density at radius 3 is 2.64 bits per heavy atom. The van der Waals surface area contributed by atoms with Crippen LogP contribution in [0.3, 0.4) is 0 Å². The molecule has 0 bridgehead atoms. The smallest absolute Gasteiger partial charge is 0.190 e. The quantitative estimate of drug-likeness (QED) is 0.441. The molecule has 1 saturated carbocycles. The van der Waals surface area contributed by atoms with E-state index in [0.29, 0.717) is 0 Å². The minimum atomic E-state index is 0.919. The molecule has 0 amide bonds. The van der Waals surface area contributed by atoms with Crippen LogP contribution in [0.4, 0.5) is 0 Å². The molecule has 0 aromatic carbocycles. The Balaban J connectivity index is 1.49. The molecule has 1 aromatic heterocycles. The Bertz CT molecular complexity index is 407. The van der Waals surface area contributed by atoms with Gasteiger partial charge in [-0.05, 0) is 31.2 Å². The van der Waals surface area contributed by atoms with Crippen LogP contribution in [0, 0.1) is 5.92 Å². The zero-order valence-electron chi connectivity index (χ0n) is 13.9. The van der Waals surface area contributed by atoms with Crippen molar-refractivity contribution in [2.75, 3.05) is 20.1 Å². The number of nitrogens with one attached hydrogen (secondary N) is 2. The lowest BCUT2D eigenvalue weighted by molar-refractivity contribution is 0.332. The molecule has 2 N–H and O–H groups in total. The van der Waals surface area contributed by atoms with E-state index in [0.717, 1.165) is 37.9 Å². The van der Waals surface area contributed by atoms with Gasteiger partial charge in [-0.2, -0.15) is 5.10 Å². The summed E-state index contributed by atoms with van der Waals surface area (Å²) in [6.45, 7) is 2.89. The van der Waals surface area contributed by atoms with Crippen molar-refractivity contribution >= 4 is 5.96 Å². The Labute approximate surface area is 134 Å². The van der Waals surface area contributed by atoms with Gasteiger partial charge in [-0.1, -0.05) is 32.1 Å². The molecule has 1 aliphatic rings. The van der Waals surface area contributed by atoms with Gasteiger partial charge in [0.1, 0.15) is 0 Å². The summed E-state index contributed by atoms with van der Waals surface area (Å²) in [5.41, 5.74) is 0. The second-order valence-electron chi connectivity index (χ2n) is 6.19. The van der Waals surface area contributed by atoms with Crippen LogP contribution in [0.2, 0.25) is 0 Å². The van der Waals surface area contributed by atoms with Crippen LogP contribution in [0.5, 0.6) is 0 Å². The van der Waals surface area contributed by atoms with Crippen molar-refractivity contribution in [3.8, 4) is 0 Å². The van der Waals surface area contributed by atoms with Gasteiger partial charge in [-0.3, -0.25) is 9.67 Å². The number of guanidine groups is 1. The number of aryl methyl sites for hydroxylation is 1. The maximum Gasteiger partial charge on any atom is 0.190 e. The lowest BCUT2D eigenvalue weighted by atomic mass is 9.86. The van der Waals surface area contributed by atoms with Crippen molar-refractivity contribution in [1.29, 1.82) is 0 Å². The summed E-state index contributed by atoms with van der Waals surface area (Å²) >= 11 is 0. The molecular formula is C17H31N5. The standard InChI is InChI=1S/C17H31N5/c1-18-17(20-12-6-14-22-15-7-13-21-22)19-11-5-10-16-8-3-2-4-9-16/h7,13,15-16H,2-6,8-12,14H2,1H3,(H2,18,19,20). The molecule has 1 fully saturated rings. The molecule has 22 heavy (non-hydrogen) atoms. The zero-order chi connectivity index (χ0) is 15.5. The molecule has 1 heterocycles. The first kappa shape index (κ1) is 16.8. The number of aromatic nitrogens is 2. The third kappa shape index (κ3) is 6.50. The van der Waals surface area contributed by atoms with E-state index in [1.807, 2.05) is 30.2 Å². The van der Waals surface area contributed by atoms with E-state index in [1.165, 1.54) is 44.9 Å². The highest BCUT2D eigenvalue weighted by atomic mass is 15.3. The van der Waals surface area contributed by atoms with E-state index in [4.69, 9.17) is 0 Å². The molecule has 1 aliphatic carbocycles. The predicted molar refractivity (Wildman–Crippen MR) is 92.0 cm³/mol. The molecule has 0 unspecified atom stereocenters. The van der Waals surface area contributed by atoms with Gasteiger partial charge in [-0.15, -0.1) is 0 Å². The molecule has 0 radical (unpaired) electrons. The molecule has 2 rings (SSSR count). The Kier molecular flexibility index (Phi) is 7.85. The van der Waals surface area contributed by atoms with Crippen molar-refractivity contribution < 1.29 is 0 Å². The van der Waals surface area contributed by atoms with Crippen LogP contribution < -0.4 is 10.6 Å². The lowest BCUT2D eigenvalue weighted by Crippen LogP contribution is -2.38. The first-order valence-electron chi connectivity index (χ1n) is 8.80. The van der Waals surface area contributed by atoms with Crippen LogP contribution in [0.25, 0.3) is 0 Å². The van der Waals surface area contributed by atoms with E-state index < -0.39 is 0 Å². The summed E-state index contributed by atoms with van der Waals surface area (Å²) in [5.74, 6) is 1.89. The maximum absolute atomic E-state index is 4.28. The highest BCUT2D eigenvalue weighted by Crippen LogP contribution is 2.26. The van der Waals surface area contributed by atoms with Gasteiger partial charge in [0.05, 0.1) is 0 Å². The summed E-state index contributed by atoms with van der Waals surface area (Å²) in [5, 5.41) is 11.0.